The van der Waals surface area contributed by atoms with Crippen molar-refractivity contribution in [1.82, 2.24) is 10.1 Å². The molecule has 0 spiro atoms. The van der Waals surface area contributed by atoms with E-state index in [-0.39, 0.29) is 6.10 Å². The molecule has 0 radical (unpaired) electrons. The second kappa shape index (κ2) is 9.43. The highest BCUT2D eigenvalue weighted by Gasteiger charge is 2.39. The summed E-state index contributed by atoms with van der Waals surface area (Å²) in [4.78, 5) is 4.72. The molecule has 0 amide bonds. The number of halogens is 3. The van der Waals surface area contributed by atoms with E-state index in [0.29, 0.717) is 46.7 Å². The Labute approximate surface area is 225 Å². The van der Waals surface area contributed by atoms with Crippen molar-refractivity contribution in [2.45, 2.75) is 62.8 Å². The summed E-state index contributed by atoms with van der Waals surface area (Å²) < 4.78 is 14.2. The maximum Gasteiger partial charge on any atom is 0.145 e. The van der Waals surface area contributed by atoms with Crippen molar-refractivity contribution in [2.75, 3.05) is 0 Å². The van der Waals surface area contributed by atoms with Gasteiger partial charge < -0.3 is 14.4 Å². The van der Waals surface area contributed by atoms with E-state index in [1.165, 1.54) is 0 Å². The highest BCUT2D eigenvalue weighted by Crippen LogP contribution is 2.47. The Balaban J connectivity index is 1.18. The summed E-state index contributed by atoms with van der Waals surface area (Å²) in [6.45, 7) is 0.379. The van der Waals surface area contributed by atoms with Crippen molar-refractivity contribution < 1.29 is 14.4 Å². The van der Waals surface area contributed by atoms with E-state index in [0.717, 1.165) is 56.7 Å². The number of rotatable bonds is 6. The van der Waals surface area contributed by atoms with E-state index in [9.17, 15) is 5.11 Å². The first-order valence-corrected chi connectivity index (χ1v) is 14.1. The number of nitrogens with zero attached hydrogens (tertiary/aromatic N) is 2. The number of benzene rings is 2. The van der Waals surface area contributed by atoms with E-state index in [4.69, 9.17) is 37.4 Å². The van der Waals surface area contributed by atoms with E-state index in [2.05, 4.69) is 21.1 Å². The Morgan fingerprint density at radius 1 is 1.11 bits per heavy atom. The lowest BCUT2D eigenvalue weighted by atomic mass is 9.83. The summed E-state index contributed by atoms with van der Waals surface area (Å²) in [7, 11) is 0. The van der Waals surface area contributed by atoms with Crippen LogP contribution in [0.1, 0.15) is 60.8 Å². The van der Waals surface area contributed by atoms with Gasteiger partial charge in [0.05, 0.1) is 33.0 Å². The minimum absolute atomic E-state index is 0.0373. The SMILES string of the molecule is O[C@]1(c2nc3ccc(Br)cc3s2)CC[C@@H](OCc2c(-c3c(Cl)cccc3Cl)noc2C2CC2)CC1. The molecule has 35 heavy (non-hydrogen) atoms. The van der Waals surface area contributed by atoms with Gasteiger partial charge in [-0.15, -0.1) is 11.3 Å². The van der Waals surface area contributed by atoms with Gasteiger partial charge in [0.25, 0.3) is 0 Å². The van der Waals surface area contributed by atoms with Gasteiger partial charge >= 0.3 is 0 Å². The predicted molar refractivity (Wildman–Crippen MR) is 142 cm³/mol. The average Bonchev–Trinajstić information content (AvgIpc) is 3.45. The van der Waals surface area contributed by atoms with Gasteiger partial charge in [0, 0.05) is 21.5 Å². The molecule has 2 saturated carbocycles. The second-order valence-corrected chi connectivity index (χ2v) is 12.2. The maximum absolute atomic E-state index is 11.4. The summed E-state index contributed by atoms with van der Waals surface area (Å²) >= 11 is 18.0. The number of thiazole rings is 1. The first-order valence-electron chi connectivity index (χ1n) is 11.7. The van der Waals surface area contributed by atoms with Crippen LogP contribution in [-0.2, 0) is 16.9 Å². The fraction of sp³-hybridized carbons (Fsp3) is 0.385. The van der Waals surface area contributed by atoms with Crippen LogP contribution in [0.3, 0.4) is 0 Å². The Morgan fingerprint density at radius 3 is 2.57 bits per heavy atom. The van der Waals surface area contributed by atoms with Crippen LogP contribution in [0, 0.1) is 0 Å². The van der Waals surface area contributed by atoms with Gasteiger partial charge in [0.15, 0.2) is 0 Å². The number of fused-ring (bicyclic) bond motifs is 1. The molecule has 5 nitrogen and oxygen atoms in total. The molecule has 4 aromatic rings. The predicted octanol–water partition coefficient (Wildman–Crippen LogP) is 8.25. The van der Waals surface area contributed by atoms with Gasteiger partial charge in [-0.05, 0) is 68.9 Å². The van der Waals surface area contributed by atoms with Crippen LogP contribution in [0.5, 0.6) is 0 Å². The van der Waals surface area contributed by atoms with E-state index in [1.807, 2.05) is 36.4 Å². The lowest BCUT2D eigenvalue weighted by Crippen LogP contribution is -2.34. The van der Waals surface area contributed by atoms with Crippen molar-refractivity contribution in [3.05, 3.63) is 67.2 Å². The number of aromatic nitrogens is 2. The van der Waals surface area contributed by atoms with Crippen LogP contribution in [0.4, 0.5) is 0 Å². The third kappa shape index (κ3) is 4.67. The zero-order valence-corrected chi connectivity index (χ0v) is 22.7. The van der Waals surface area contributed by atoms with E-state index < -0.39 is 5.60 Å². The monoisotopic (exact) mass is 592 g/mol. The molecule has 2 aliphatic carbocycles. The van der Waals surface area contributed by atoms with Gasteiger partial charge in [0.1, 0.15) is 22.1 Å². The summed E-state index contributed by atoms with van der Waals surface area (Å²) in [6.07, 6.45) is 4.95. The summed E-state index contributed by atoms with van der Waals surface area (Å²) in [6, 6.07) is 11.4. The lowest BCUT2D eigenvalue weighted by Gasteiger charge is -2.34. The summed E-state index contributed by atoms with van der Waals surface area (Å²) in [5, 5.41) is 17.6. The molecule has 9 heteroatoms. The van der Waals surface area contributed by atoms with Crippen molar-refractivity contribution in [3.63, 3.8) is 0 Å². The zero-order chi connectivity index (χ0) is 24.2. The van der Waals surface area contributed by atoms with Gasteiger partial charge in [0.2, 0.25) is 0 Å². The minimum Gasteiger partial charge on any atom is -0.383 e. The molecule has 2 aliphatic rings. The number of hydrogen-bond donors (Lipinski definition) is 1. The maximum atomic E-state index is 11.4. The number of hydrogen-bond acceptors (Lipinski definition) is 6. The first kappa shape index (κ1) is 23.9. The minimum atomic E-state index is -0.914. The standard InChI is InChI=1S/C26H23BrCl2N2O3S/c27-15-6-7-20-21(12-15)35-25(30-20)26(32)10-8-16(9-11-26)33-13-17-23(31-34-24(17)14-4-5-14)22-18(28)2-1-3-19(22)29/h1-3,6-7,12,14,16,32H,4-5,8-11,13H2/t16-,26-. The molecule has 0 atom stereocenters. The third-order valence-electron chi connectivity index (χ3n) is 6.94. The molecule has 6 rings (SSSR count). The molecule has 182 valence electrons. The molecule has 0 bridgehead atoms. The molecular weight excluding hydrogens is 571 g/mol. The third-order valence-corrected chi connectivity index (χ3v) is 9.27. The molecule has 0 unspecified atom stereocenters. The van der Waals surface area contributed by atoms with Gasteiger partial charge in [-0.25, -0.2) is 4.98 Å². The first-order chi connectivity index (χ1) is 16.9. The van der Waals surface area contributed by atoms with Crippen LogP contribution < -0.4 is 0 Å². The largest absolute Gasteiger partial charge is 0.383 e. The number of ether oxygens (including phenoxy) is 1. The van der Waals surface area contributed by atoms with Crippen molar-refractivity contribution >= 4 is 60.7 Å². The lowest BCUT2D eigenvalue weighted by molar-refractivity contribution is -0.0640. The van der Waals surface area contributed by atoms with Crippen LogP contribution in [-0.4, -0.2) is 21.4 Å². The molecule has 2 aromatic carbocycles. The molecule has 0 saturated heterocycles. The molecule has 0 aliphatic heterocycles. The molecule has 2 fully saturated rings. The quantitative estimate of drug-likeness (QED) is 0.244. The highest BCUT2D eigenvalue weighted by atomic mass is 79.9. The molecule has 2 aromatic heterocycles. The van der Waals surface area contributed by atoms with Crippen molar-refractivity contribution in [2.24, 2.45) is 0 Å². The molecule has 2 heterocycles. The van der Waals surface area contributed by atoms with Crippen LogP contribution in [0.15, 0.2) is 45.4 Å². The molecule has 1 N–H and O–H groups in total. The van der Waals surface area contributed by atoms with E-state index in [1.54, 1.807) is 11.3 Å². The van der Waals surface area contributed by atoms with Gasteiger partial charge in [-0.1, -0.05) is 50.4 Å². The van der Waals surface area contributed by atoms with Crippen molar-refractivity contribution in [3.8, 4) is 11.3 Å². The Kier molecular flexibility index (Phi) is 6.44. The molecular formula is C26H23BrCl2N2O3S. The normalized spacial score (nSPS) is 22.7. The zero-order valence-electron chi connectivity index (χ0n) is 18.8. The van der Waals surface area contributed by atoms with Crippen LogP contribution >= 0.6 is 50.5 Å². The number of aliphatic hydroxyl groups is 1. The Morgan fingerprint density at radius 2 is 1.86 bits per heavy atom. The van der Waals surface area contributed by atoms with Crippen LogP contribution in [0.2, 0.25) is 10.0 Å². The Hall–Kier alpha value is -1.48. The van der Waals surface area contributed by atoms with Gasteiger partial charge in [-0.3, -0.25) is 0 Å². The van der Waals surface area contributed by atoms with E-state index >= 15 is 0 Å². The fourth-order valence-electron chi connectivity index (χ4n) is 4.80. The van der Waals surface area contributed by atoms with Crippen LogP contribution in [0.25, 0.3) is 21.5 Å². The van der Waals surface area contributed by atoms with Crippen molar-refractivity contribution in [1.29, 1.82) is 0 Å². The average molecular weight is 594 g/mol. The van der Waals surface area contributed by atoms with Gasteiger partial charge in [-0.2, -0.15) is 0 Å². The topological polar surface area (TPSA) is 68.4 Å². The summed E-state index contributed by atoms with van der Waals surface area (Å²) in [5.74, 6) is 1.26. The summed E-state index contributed by atoms with van der Waals surface area (Å²) in [5.41, 5.74) is 2.29. The fourth-order valence-corrected chi connectivity index (χ4v) is 7.04. The smallest absolute Gasteiger partial charge is 0.145 e. The second-order valence-electron chi connectivity index (χ2n) is 9.42. The Bertz CT molecular complexity index is 1370. The highest BCUT2D eigenvalue weighted by molar-refractivity contribution is 9.10.